The maximum atomic E-state index is 10.3. The van der Waals surface area contributed by atoms with Crippen molar-refractivity contribution in [2.24, 2.45) is 5.92 Å². The van der Waals surface area contributed by atoms with Crippen molar-refractivity contribution in [3.05, 3.63) is 34.9 Å². The Morgan fingerprint density at radius 3 is 2.68 bits per heavy atom. The van der Waals surface area contributed by atoms with Gasteiger partial charge in [-0.25, -0.2) is 0 Å². The second kappa shape index (κ2) is 6.71. The topological polar surface area (TPSA) is 38.7 Å². The number of aryl methyl sites for hydroxylation is 1. The summed E-state index contributed by atoms with van der Waals surface area (Å²) in [5.74, 6) is 0.229. The molecule has 4 unspecified atom stereocenters. The van der Waals surface area contributed by atoms with Crippen molar-refractivity contribution in [2.75, 3.05) is 13.7 Å². The van der Waals surface area contributed by atoms with E-state index in [9.17, 15) is 5.11 Å². The zero-order chi connectivity index (χ0) is 13.8. The van der Waals surface area contributed by atoms with Gasteiger partial charge in [0.05, 0.1) is 18.8 Å². The molecule has 0 aromatic heterocycles. The average Bonchev–Trinajstić information content (AvgIpc) is 2.40. The highest BCUT2D eigenvalue weighted by Crippen LogP contribution is 2.25. The van der Waals surface area contributed by atoms with Crippen molar-refractivity contribution in [3.63, 3.8) is 0 Å². The molecule has 1 fully saturated rings. The molecule has 0 bridgehead atoms. The van der Waals surface area contributed by atoms with Gasteiger partial charge in [0.1, 0.15) is 6.10 Å². The van der Waals surface area contributed by atoms with Gasteiger partial charge in [-0.15, -0.1) is 0 Å². The van der Waals surface area contributed by atoms with Crippen molar-refractivity contribution in [1.82, 2.24) is 0 Å². The van der Waals surface area contributed by atoms with Gasteiger partial charge < -0.3 is 14.6 Å². The summed E-state index contributed by atoms with van der Waals surface area (Å²) in [6.07, 6.45) is 0.806. The summed E-state index contributed by atoms with van der Waals surface area (Å²) in [6, 6.07) is 7.78. The number of halogens is 1. The van der Waals surface area contributed by atoms with Crippen molar-refractivity contribution in [3.8, 4) is 0 Å². The first-order valence-electron chi connectivity index (χ1n) is 6.68. The highest BCUT2D eigenvalue weighted by Gasteiger charge is 2.37. The Balaban J connectivity index is 1.90. The number of aliphatic hydroxyl groups is 1. The predicted molar refractivity (Wildman–Crippen MR) is 75.5 cm³/mol. The molecule has 1 N–H and O–H groups in total. The quantitative estimate of drug-likeness (QED) is 0.924. The van der Waals surface area contributed by atoms with Gasteiger partial charge in [-0.1, -0.05) is 30.7 Å². The molecule has 1 aliphatic rings. The molecule has 0 radical (unpaired) electrons. The van der Waals surface area contributed by atoms with Crippen LogP contribution in [0.15, 0.2) is 24.3 Å². The molecular weight excluding hydrogens is 264 g/mol. The molecule has 106 valence electrons. The van der Waals surface area contributed by atoms with E-state index in [1.54, 1.807) is 7.11 Å². The second-order valence-corrected chi connectivity index (χ2v) is 5.64. The summed E-state index contributed by atoms with van der Waals surface area (Å²) >= 11 is 5.86. The minimum absolute atomic E-state index is 0.135. The molecule has 1 aliphatic heterocycles. The second-order valence-electron chi connectivity index (χ2n) is 5.21. The highest BCUT2D eigenvalue weighted by molar-refractivity contribution is 6.30. The maximum absolute atomic E-state index is 10.3. The molecule has 0 saturated carbocycles. The molecule has 4 heteroatoms. The van der Waals surface area contributed by atoms with Crippen LogP contribution < -0.4 is 0 Å². The van der Waals surface area contributed by atoms with E-state index in [0.717, 1.165) is 17.9 Å². The molecule has 0 spiro atoms. The Morgan fingerprint density at radius 1 is 1.37 bits per heavy atom. The minimum atomic E-state index is -0.555. The molecule has 3 nitrogen and oxygen atoms in total. The molecule has 2 rings (SSSR count). The largest absolute Gasteiger partial charge is 0.388 e. The van der Waals surface area contributed by atoms with E-state index in [4.69, 9.17) is 21.1 Å². The third-order valence-electron chi connectivity index (χ3n) is 3.75. The van der Waals surface area contributed by atoms with E-state index in [1.165, 1.54) is 5.56 Å². The molecule has 4 atom stereocenters. The van der Waals surface area contributed by atoms with Crippen LogP contribution in [-0.4, -0.2) is 37.1 Å². The number of methoxy groups -OCH3 is 1. The van der Waals surface area contributed by atoms with Crippen molar-refractivity contribution in [2.45, 2.75) is 38.1 Å². The molecule has 19 heavy (non-hydrogen) atoms. The molecule has 1 aromatic rings. The number of benzene rings is 1. The van der Waals surface area contributed by atoms with Gasteiger partial charge >= 0.3 is 0 Å². The lowest BCUT2D eigenvalue weighted by molar-refractivity contribution is -0.171. The number of ether oxygens (including phenoxy) is 2. The van der Waals surface area contributed by atoms with Crippen molar-refractivity contribution in [1.29, 1.82) is 0 Å². The van der Waals surface area contributed by atoms with E-state index in [-0.39, 0.29) is 18.1 Å². The van der Waals surface area contributed by atoms with Crippen LogP contribution in [0, 0.1) is 5.92 Å². The van der Waals surface area contributed by atoms with E-state index in [2.05, 4.69) is 0 Å². The molecule has 1 heterocycles. The average molecular weight is 285 g/mol. The fourth-order valence-electron chi connectivity index (χ4n) is 2.60. The molecule has 1 aromatic carbocycles. The van der Waals surface area contributed by atoms with Crippen LogP contribution in [0.1, 0.15) is 18.9 Å². The summed E-state index contributed by atoms with van der Waals surface area (Å²) < 4.78 is 11.1. The Bertz CT molecular complexity index is 393. The number of hydrogen-bond acceptors (Lipinski definition) is 3. The fourth-order valence-corrected chi connectivity index (χ4v) is 2.73. The lowest BCUT2D eigenvalue weighted by Crippen LogP contribution is -2.50. The summed E-state index contributed by atoms with van der Waals surface area (Å²) in [5, 5.41) is 11.0. The molecule has 0 amide bonds. The Kier molecular flexibility index (Phi) is 5.22. The molecule has 0 aliphatic carbocycles. The smallest absolute Gasteiger partial charge is 0.107 e. The monoisotopic (exact) mass is 284 g/mol. The van der Waals surface area contributed by atoms with E-state index in [0.29, 0.717) is 6.61 Å². The predicted octanol–water partition coefficient (Wildman–Crippen LogP) is 2.68. The zero-order valence-electron chi connectivity index (χ0n) is 11.4. The van der Waals surface area contributed by atoms with E-state index >= 15 is 0 Å². The van der Waals surface area contributed by atoms with Crippen molar-refractivity contribution < 1.29 is 14.6 Å². The SMILES string of the molecule is COC1C(C)COC(CCc2ccc(Cl)cc2)C1O. The van der Waals surface area contributed by atoms with Gasteiger partial charge in [0.15, 0.2) is 0 Å². The van der Waals surface area contributed by atoms with Gasteiger partial charge in [-0.2, -0.15) is 0 Å². The van der Waals surface area contributed by atoms with Gasteiger partial charge in [0, 0.05) is 18.1 Å². The Labute approximate surface area is 119 Å². The summed E-state index contributed by atoms with van der Waals surface area (Å²) in [6.45, 7) is 2.67. The number of hydrogen-bond donors (Lipinski definition) is 1. The van der Waals surface area contributed by atoms with E-state index in [1.807, 2.05) is 31.2 Å². The summed E-state index contributed by atoms with van der Waals surface area (Å²) in [4.78, 5) is 0. The van der Waals surface area contributed by atoms with Gasteiger partial charge in [-0.3, -0.25) is 0 Å². The first-order chi connectivity index (χ1) is 9.11. The molecule has 1 saturated heterocycles. The first kappa shape index (κ1) is 14.8. The fraction of sp³-hybridized carbons (Fsp3) is 0.600. The third-order valence-corrected chi connectivity index (χ3v) is 4.01. The first-order valence-corrected chi connectivity index (χ1v) is 7.06. The van der Waals surface area contributed by atoms with Crippen LogP contribution in [-0.2, 0) is 15.9 Å². The number of rotatable bonds is 4. The van der Waals surface area contributed by atoms with E-state index < -0.39 is 6.10 Å². The maximum Gasteiger partial charge on any atom is 0.107 e. The highest BCUT2D eigenvalue weighted by atomic mass is 35.5. The Hall–Kier alpha value is -0.610. The van der Waals surface area contributed by atoms with Crippen molar-refractivity contribution >= 4 is 11.6 Å². The minimum Gasteiger partial charge on any atom is -0.388 e. The van der Waals surface area contributed by atoms with Crippen LogP contribution in [0.2, 0.25) is 5.02 Å². The van der Waals surface area contributed by atoms with Crippen LogP contribution in [0.4, 0.5) is 0 Å². The third kappa shape index (κ3) is 3.69. The number of aliphatic hydroxyl groups excluding tert-OH is 1. The Morgan fingerprint density at radius 2 is 2.05 bits per heavy atom. The normalized spacial score (nSPS) is 31.4. The lowest BCUT2D eigenvalue weighted by atomic mass is 9.91. The summed E-state index contributed by atoms with van der Waals surface area (Å²) in [7, 11) is 1.64. The molecular formula is C15H21ClO3. The standard InChI is InChI=1S/C15H21ClO3/c1-10-9-19-13(14(17)15(10)18-2)8-5-11-3-6-12(16)7-4-11/h3-4,6-7,10,13-15,17H,5,8-9H2,1-2H3. The summed E-state index contributed by atoms with van der Waals surface area (Å²) in [5.41, 5.74) is 1.20. The lowest BCUT2D eigenvalue weighted by Gasteiger charge is -2.38. The van der Waals surface area contributed by atoms with Crippen LogP contribution in [0.3, 0.4) is 0 Å². The zero-order valence-corrected chi connectivity index (χ0v) is 12.1. The van der Waals surface area contributed by atoms with Crippen LogP contribution in [0.5, 0.6) is 0 Å². The van der Waals surface area contributed by atoms with Gasteiger partial charge in [-0.05, 0) is 30.5 Å². The van der Waals surface area contributed by atoms with Gasteiger partial charge in [0.2, 0.25) is 0 Å². The van der Waals surface area contributed by atoms with Gasteiger partial charge in [0.25, 0.3) is 0 Å². The van der Waals surface area contributed by atoms with Crippen LogP contribution >= 0.6 is 11.6 Å². The van der Waals surface area contributed by atoms with Crippen LogP contribution in [0.25, 0.3) is 0 Å².